The standard InChI is InChI=1S/C20H24N6O3S/c1-3-21-19(28)25-20-24-15-8-14(13-10-22-18(12(2)27)23-11-13)16(9-17(15)30-20)26-4-6-29-7-5-26/h8-12,27H,3-7H2,1-2H3,(H2,21,24,25,28). The van der Waals surface area contributed by atoms with Crippen molar-refractivity contribution in [1.29, 1.82) is 0 Å². The molecule has 30 heavy (non-hydrogen) atoms. The summed E-state index contributed by atoms with van der Waals surface area (Å²) in [5.74, 6) is 0.384. The van der Waals surface area contributed by atoms with E-state index in [1.807, 2.05) is 13.0 Å². The number of urea groups is 1. The Morgan fingerprint density at radius 3 is 2.70 bits per heavy atom. The molecular formula is C20H24N6O3S. The van der Waals surface area contributed by atoms with Gasteiger partial charge in [0.15, 0.2) is 11.0 Å². The van der Waals surface area contributed by atoms with Crippen LogP contribution in [0.25, 0.3) is 21.3 Å². The number of nitrogens with one attached hydrogen (secondary N) is 2. The number of hydrogen-bond donors (Lipinski definition) is 3. The molecule has 0 aliphatic carbocycles. The summed E-state index contributed by atoms with van der Waals surface area (Å²) in [6, 6.07) is 3.83. The van der Waals surface area contributed by atoms with Gasteiger partial charge in [0.1, 0.15) is 6.10 Å². The molecule has 3 heterocycles. The average molecular weight is 429 g/mol. The second kappa shape index (κ2) is 8.90. The number of aliphatic hydroxyl groups excluding tert-OH is 1. The van der Waals surface area contributed by atoms with Gasteiger partial charge in [-0.25, -0.2) is 19.7 Å². The summed E-state index contributed by atoms with van der Waals surface area (Å²) in [6.07, 6.45) is 2.72. The van der Waals surface area contributed by atoms with Gasteiger partial charge < -0.3 is 20.1 Å². The number of aromatic nitrogens is 3. The van der Waals surface area contributed by atoms with Crippen molar-refractivity contribution >= 4 is 38.4 Å². The molecule has 1 aliphatic rings. The molecule has 0 saturated carbocycles. The lowest BCUT2D eigenvalue weighted by Gasteiger charge is -2.30. The minimum atomic E-state index is -0.721. The molecule has 0 radical (unpaired) electrons. The van der Waals surface area contributed by atoms with Crippen LogP contribution in [-0.2, 0) is 4.74 Å². The number of carbonyl (C=O) groups excluding carboxylic acids is 1. The van der Waals surface area contributed by atoms with Crippen molar-refractivity contribution in [3.05, 3.63) is 30.4 Å². The molecule has 1 saturated heterocycles. The number of benzene rings is 1. The SMILES string of the molecule is CCNC(=O)Nc1nc2cc(-c3cnc(C(C)O)nc3)c(N3CCOCC3)cc2s1. The molecule has 2 aromatic heterocycles. The first-order chi connectivity index (χ1) is 14.5. The summed E-state index contributed by atoms with van der Waals surface area (Å²) >= 11 is 1.43. The monoisotopic (exact) mass is 428 g/mol. The van der Waals surface area contributed by atoms with Gasteiger partial charge in [-0.05, 0) is 26.0 Å². The summed E-state index contributed by atoms with van der Waals surface area (Å²) < 4.78 is 6.49. The molecule has 158 valence electrons. The maximum Gasteiger partial charge on any atom is 0.321 e. The first-order valence-corrected chi connectivity index (χ1v) is 10.7. The Hall–Kier alpha value is -2.82. The van der Waals surface area contributed by atoms with Crippen molar-refractivity contribution in [1.82, 2.24) is 20.3 Å². The normalized spacial score (nSPS) is 15.2. The molecular weight excluding hydrogens is 404 g/mol. The zero-order valence-electron chi connectivity index (χ0n) is 16.9. The summed E-state index contributed by atoms with van der Waals surface area (Å²) in [6.45, 7) is 6.96. The minimum absolute atomic E-state index is 0.271. The van der Waals surface area contributed by atoms with Crippen LogP contribution in [0.15, 0.2) is 24.5 Å². The molecule has 1 aromatic carbocycles. The second-order valence-corrected chi connectivity index (χ2v) is 7.98. The van der Waals surface area contributed by atoms with Gasteiger partial charge in [-0.15, -0.1) is 0 Å². The largest absolute Gasteiger partial charge is 0.385 e. The van der Waals surface area contributed by atoms with Gasteiger partial charge in [0, 0.05) is 48.8 Å². The molecule has 1 unspecified atom stereocenters. The topological polar surface area (TPSA) is 112 Å². The van der Waals surface area contributed by atoms with Crippen molar-refractivity contribution in [2.45, 2.75) is 20.0 Å². The van der Waals surface area contributed by atoms with Crippen LogP contribution in [0, 0.1) is 0 Å². The molecule has 1 fully saturated rings. The van der Waals surface area contributed by atoms with Crippen molar-refractivity contribution in [2.24, 2.45) is 0 Å². The number of ether oxygens (including phenoxy) is 1. The highest BCUT2D eigenvalue weighted by molar-refractivity contribution is 7.22. The van der Waals surface area contributed by atoms with E-state index in [9.17, 15) is 9.90 Å². The highest BCUT2D eigenvalue weighted by Crippen LogP contribution is 2.38. The van der Waals surface area contributed by atoms with Gasteiger partial charge in [0.25, 0.3) is 0 Å². The molecule has 1 atom stereocenters. The zero-order valence-corrected chi connectivity index (χ0v) is 17.7. The highest BCUT2D eigenvalue weighted by Gasteiger charge is 2.19. The van der Waals surface area contributed by atoms with Crippen LogP contribution in [0.5, 0.6) is 0 Å². The number of nitrogens with zero attached hydrogens (tertiary/aromatic N) is 4. The van der Waals surface area contributed by atoms with E-state index < -0.39 is 6.10 Å². The van der Waals surface area contributed by atoms with E-state index in [4.69, 9.17) is 4.74 Å². The van der Waals surface area contributed by atoms with E-state index in [0.29, 0.717) is 30.7 Å². The predicted octanol–water partition coefficient (Wildman–Crippen LogP) is 2.78. The van der Waals surface area contributed by atoms with Crippen LogP contribution in [0.2, 0.25) is 0 Å². The number of hydrogen-bond acceptors (Lipinski definition) is 8. The maximum absolute atomic E-state index is 11.9. The summed E-state index contributed by atoms with van der Waals surface area (Å²) in [5, 5.41) is 15.7. The van der Waals surface area contributed by atoms with Gasteiger partial charge in [0.05, 0.1) is 23.4 Å². The van der Waals surface area contributed by atoms with Crippen LogP contribution in [0.1, 0.15) is 25.8 Å². The number of thiazole rings is 1. The average Bonchev–Trinajstić information content (AvgIpc) is 3.14. The minimum Gasteiger partial charge on any atom is -0.385 e. The van der Waals surface area contributed by atoms with Crippen molar-refractivity contribution < 1.29 is 14.6 Å². The molecule has 1 aliphatic heterocycles. The van der Waals surface area contributed by atoms with E-state index in [1.165, 1.54) is 11.3 Å². The van der Waals surface area contributed by atoms with Gasteiger partial charge in [-0.1, -0.05) is 11.3 Å². The molecule has 9 nitrogen and oxygen atoms in total. The number of anilines is 2. The fourth-order valence-electron chi connectivity index (χ4n) is 3.31. The molecule has 2 amide bonds. The molecule has 0 bridgehead atoms. The van der Waals surface area contributed by atoms with Crippen LogP contribution in [0.4, 0.5) is 15.6 Å². The number of rotatable bonds is 5. The quantitative estimate of drug-likeness (QED) is 0.573. The maximum atomic E-state index is 11.9. The van der Waals surface area contributed by atoms with Crippen LogP contribution in [-0.4, -0.2) is 58.9 Å². The molecule has 10 heteroatoms. The lowest BCUT2D eigenvalue weighted by molar-refractivity contribution is 0.123. The lowest BCUT2D eigenvalue weighted by Crippen LogP contribution is -2.36. The van der Waals surface area contributed by atoms with Gasteiger partial charge >= 0.3 is 6.03 Å². The van der Waals surface area contributed by atoms with Crippen LogP contribution < -0.4 is 15.5 Å². The van der Waals surface area contributed by atoms with Gasteiger partial charge in [0.2, 0.25) is 0 Å². The third kappa shape index (κ3) is 4.35. The Bertz CT molecular complexity index is 1030. The first-order valence-electron chi connectivity index (χ1n) is 9.87. The Morgan fingerprint density at radius 1 is 1.30 bits per heavy atom. The van der Waals surface area contributed by atoms with E-state index in [2.05, 4.69) is 36.6 Å². The van der Waals surface area contributed by atoms with Gasteiger partial charge in [-0.3, -0.25) is 5.32 Å². The first kappa shape index (κ1) is 20.5. The second-order valence-electron chi connectivity index (χ2n) is 6.95. The van der Waals surface area contributed by atoms with Crippen molar-refractivity contribution in [3.8, 4) is 11.1 Å². The Labute approximate surface area is 178 Å². The van der Waals surface area contributed by atoms with E-state index in [1.54, 1.807) is 19.3 Å². The third-order valence-electron chi connectivity index (χ3n) is 4.77. The number of carbonyl (C=O) groups is 1. The molecule has 3 aromatic rings. The number of fused-ring (bicyclic) bond motifs is 1. The highest BCUT2D eigenvalue weighted by atomic mass is 32.1. The van der Waals surface area contributed by atoms with Crippen molar-refractivity contribution in [3.63, 3.8) is 0 Å². The zero-order chi connectivity index (χ0) is 21.1. The van der Waals surface area contributed by atoms with Gasteiger partial charge in [-0.2, -0.15) is 0 Å². The summed E-state index contributed by atoms with van der Waals surface area (Å²) in [4.78, 5) is 27.3. The summed E-state index contributed by atoms with van der Waals surface area (Å²) in [7, 11) is 0. The number of aliphatic hydroxyl groups is 1. The van der Waals surface area contributed by atoms with E-state index in [0.717, 1.165) is 40.1 Å². The fraction of sp³-hybridized carbons (Fsp3) is 0.400. The Morgan fingerprint density at radius 2 is 2.03 bits per heavy atom. The fourth-order valence-corrected chi connectivity index (χ4v) is 4.18. The number of amides is 2. The van der Waals surface area contributed by atoms with Crippen LogP contribution >= 0.6 is 11.3 Å². The van der Waals surface area contributed by atoms with E-state index in [-0.39, 0.29) is 6.03 Å². The molecule has 4 rings (SSSR count). The summed E-state index contributed by atoms with van der Waals surface area (Å²) in [5.41, 5.74) is 3.64. The Balaban J connectivity index is 1.76. The third-order valence-corrected chi connectivity index (χ3v) is 5.71. The molecule has 0 spiro atoms. The smallest absolute Gasteiger partial charge is 0.321 e. The molecule has 3 N–H and O–H groups in total. The number of morpholine rings is 1. The predicted molar refractivity (Wildman–Crippen MR) is 117 cm³/mol. The van der Waals surface area contributed by atoms with Crippen LogP contribution in [0.3, 0.4) is 0 Å². The van der Waals surface area contributed by atoms with E-state index >= 15 is 0 Å². The Kier molecular flexibility index (Phi) is 6.07. The lowest BCUT2D eigenvalue weighted by atomic mass is 10.0. The van der Waals surface area contributed by atoms with Crippen molar-refractivity contribution in [2.75, 3.05) is 43.1 Å².